The molecule has 2 unspecified atom stereocenters. The van der Waals surface area contributed by atoms with E-state index in [2.05, 4.69) is 0 Å². The minimum atomic E-state index is -1.13. The molecular formula is C10H13FO2S. The predicted molar refractivity (Wildman–Crippen MR) is 54.1 cm³/mol. The molecule has 78 valence electrons. The smallest absolute Gasteiger partial charge is 0.123 e. The van der Waals surface area contributed by atoms with Crippen LogP contribution >= 0.6 is 0 Å². The van der Waals surface area contributed by atoms with E-state index >= 15 is 0 Å². The van der Waals surface area contributed by atoms with Gasteiger partial charge in [0.2, 0.25) is 0 Å². The Balaban J connectivity index is 2.74. The first-order valence-corrected chi connectivity index (χ1v) is 5.51. The zero-order valence-electron chi connectivity index (χ0n) is 8.20. The summed E-state index contributed by atoms with van der Waals surface area (Å²) in [6.07, 6.45) is 0. The first-order valence-electron chi connectivity index (χ1n) is 4.30. The van der Waals surface area contributed by atoms with Crippen LogP contribution in [-0.2, 0) is 15.5 Å². The molecule has 0 aliphatic carbocycles. The second kappa shape index (κ2) is 5.22. The van der Waals surface area contributed by atoms with Crippen molar-refractivity contribution in [1.29, 1.82) is 0 Å². The molecule has 0 saturated carbocycles. The molecule has 0 amide bonds. The monoisotopic (exact) mass is 216 g/mol. The first kappa shape index (κ1) is 11.3. The molecule has 0 spiro atoms. The molecule has 0 aromatic heterocycles. The van der Waals surface area contributed by atoms with Crippen molar-refractivity contribution >= 4 is 10.8 Å². The largest absolute Gasteiger partial charge is 0.383 e. The fourth-order valence-electron chi connectivity index (χ4n) is 1.10. The summed E-state index contributed by atoms with van der Waals surface area (Å²) in [6, 6.07) is 5.70. The third kappa shape index (κ3) is 2.89. The second-order valence-electron chi connectivity index (χ2n) is 3.02. The van der Waals surface area contributed by atoms with E-state index in [-0.39, 0.29) is 11.1 Å². The normalized spacial score (nSPS) is 15.1. The zero-order valence-corrected chi connectivity index (χ0v) is 9.01. The average Bonchev–Trinajstić information content (AvgIpc) is 2.18. The summed E-state index contributed by atoms with van der Waals surface area (Å²) < 4.78 is 29.2. The standard InChI is InChI=1S/C10H13FO2S/c1-8(7-13-2)14(12)10-5-3-9(11)4-6-10/h3-6,8H,7H2,1-2H3. The quantitative estimate of drug-likeness (QED) is 0.769. The highest BCUT2D eigenvalue weighted by Crippen LogP contribution is 2.12. The van der Waals surface area contributed by atoms with Gasteiger partial charge in [-0.3, -0.25) is 4.21 Å². The molecule has 0 N–H and O–H groups in total. The van der Waals surface area contributed by atoms with Crippen LogP contribution < -0.4 is 0 Å². The van der Waals surface area contributed by atoms with E-state index in [0.717, 1.165) is 0 Å². The Hall–Kier alpha value is -0.740. The molecule has 1 rings (SSSR count). The molecule has 2 nitrogen and oxygen atoms in total. The molecule has 0 saturated heterocycles. The zero-order chi connectivity index (χ0) is 10.6. The maximum atomic E-state index is 12.6. The molecule has 0 aliphatic rings. The van der Waals surface area contributed by atoms with Gasteiger partial charge in [0.1, 0.15) is 5.82 Å². The molecule has 0 bridgehead atoms. The first-order chi connectivity index (χ1) is 6.65. The van der Waals surface area contributed by atoms with Crippen LogP contribution in [0.1, 0.15) is 6.92 Å². The van der Waals surface area contributed by atoms with E-state index in [1.54, 1.807) is 7.11 Å². The van der Waals surface area contributed by atoms with Gasteiger partial charge in [-0.1, -0.05) is 0 Å². The molecule has 2 atom stereocenters. The Morgan fingerprint density at radius 1 is 1.43 bits per heavy atom. The van der Waals surface area contributed by atoms with Crippen molar-refractivity contribution in [3.63, 3.8) is 0 Å². The molecule has 14 heavy (non-hydrogen) atoms. The van der Waals surface area contributed by atoms with Gasteiger partial charge < -0.3 is 4.74 Å². The van der Waals surface area contributed by atoms with Gasteiger partial charge in [0.15, 0.2) is 0 Å². The lowest BCUT2D eigenvalue weighted by molar-refractivity contribution is 0.201. The van der Waals surface area contributed by atoms with Crippen molar-refractivity contribution < 1.29 is 13.3 Å². The Kier molecular flexibility index (Phi) is 4.22. The maximum Gasteiger partial charge on any atom is 0.123 e. The Bertz CT molecular complexity index is 310. The molecule has 1 aromatic rings. The van der Waals surface area contributed by atoms with Gasteiger partial charge in [-0.25, -0.2) is 4.39 Å². The van der Waals surface area contributed by atoms with E-state index in [0.29, 0.717) is 11.5 Å². The number of halogens is 1. The summed E-state index contributed by atoms with van der Waals surface area (Å²) in [5.41, 5.74) is 0. The van der Waals surface area contributed by atoms with Crippen LogP contribution in [0.4, 0.5) is 4.39 Å². The average molecular weight is 216 g/mol. The van der Waals surface area contributed by atoms with Gasteiger partial charge in [-0.2, -0.15) is 0 Å². The fraction of sp³-hybridized carbons (Fsp3) is 0.400. The number of ether oxygens (including phenoxy) is 1. The predicted octanol–water partition coefficient (Wildman–Crippen LogP) is 1.97. The van der Waals surface area contributed by atoms with E-state index < -0.39 is 10.8 Å². The number of methoxy groups -OCH3 is 1. The maximum absolute atomic E-state index is 12.6. The van der Waals surface area contributed by atoms with Crippen LogP contribution in [0.25, 0.3) is 0 Å². The lowest BCUT2D eigenvalue weighted by atomic mass is 10.4. The van der Waals surface area contributed by atoms with Crippen LogP contribution in [0, 0.1) is 5.82 Å². The number of rotatable bonds is 4. The van der Waals surface area contributed by atoms with Gasteiger partial charge >= 0.3 is 0 Å². The highest BCUT2D eigenvalue weighted by molar-refractivity contribution is 7.85. The Labute approximate surface area is 85.5 Å². The summed E-state index contributed by atoms with van der Waals surface area (Å²) in [5.74, 6) is -0.315. The number of hydrogen-bond donors (Lipinski definition) is 0. The third-order valence-corrected chi connectivity index (χ3v) is 3.42. The summed E-state index contributed by atoms with van der Waals surface area (Å²) in [6.45, 7) is 2.27. The molecule has 4 heteroatoms. The van der Waals surface area contributed by atoms with Crippen molar-refractivity contribution in [2.75, 3.05) is 13.7 Å². The minimum absolute atomic E-state index is 0.0783. The van der Waals surface area contributed by atoms with Crippen LogP contribution in [-0.4, -0.2) is 23.2 Å². The van der Waals surface area contributed by atoms with Crippen LogP contribution in [0.5, 0.6) is 0 Å². The van der Waals surface area contributed by atoms with Crippen molar-refractivity contribution in [2.45, 2.75) is 17.1 Å². The van der Waals surface area contributed by atoms with Crippen LogP contribution in [0.2, 0.25) is 0 Å². The van der Waals surface area contributed by atoms with Gasteiger partial charge in [0, 0.05) is 12.0 Å². The van der Waals surface area contributed by atoms with Crippen molar-refractivity contribution in [1.82, 2.24) is 0 Å². The van der Waals surface area contributed by atoms with Crippen LogP contribution in [0.15, 0.2) is 29.2 Å². The number of benzene rings is 1. The Morgan fingerprint density at radius 3 is 2.50 bits per heavy atom. The molecule has 1 aromatic carbocycles. The van der Waals surface area contributed by atoms with E-state index in [1.165, 1.54) is 24.3 Å². The van der Waals surface area contributed by atoms with Gasteiger partial charge in [0.25, 0.3) is 0 Å². The lowest BCUT2D eigenvalue weighted by Gasteiger charge is -2.09. The summed E-state index contributed by atoms with van der Waals surface area (Å²) in [4.78, 5) is 0.635. The Morgan fingerprint density at radius 2 is 2.00 bits per heavy atom. The fourth-order valence-corrected chi connectivity index (χ4v) is 2.23. The molecule has 0 radical (unpaired) electrons. The van der Waals surface area contributed by atoms with E-state index in [9.17, 15) is 8.60 Å². The van der Waals surface area contributed by atoms with Gasteiger partial charge in [-0.15, -0.1) is 0 Å². The van der Waals surface area contributed by atoms with Gasteiger partial charge in [0.05, 0.1) is 22.7 Å². The van der Waals surface area contributed by atoms with Crippen molar-refractivity contribution in [3.05, 3.63) is 30.1 Å². The van der Waals surface area contributed by atoms with Gasteiger partial charge in [-0.05, 0) is 31.2 Å². The third-order valence-electron chi connectivity index (χ3n) is 1.81. The minimum Gasteiger partial charge on any atom is -0.383 e. The van der Waals surface area contributed by atoms with E-state index in [4.69, 9.17) is 4.74 Å². The SMILES string of the molecule is COCC(C)S(=O)c1ccc(F)cc1. The van der Waals surface area contributed by atoms with E-state index in [1.807, 2.05) is 6.92 Å². The summed E-state index contributed by atoms with van der Waals surface area (Å²) in [5, 5.41) is -0.0783. The van der Waals surface area contributed by atoms with Crippen LogP contribution in [0.3, 0.4) is 0 Å². The summed E-state index contributed by atoms with van der Waals surface area (Å²) in [7, 11) is 0.440. The number of hydrogen-bond acceptors (Lipinski definition) is 2. The highest BCUT2D eigenvalue weighted by Gasteiger charge is 2.12. The molecule has 0 heterocycles. The second-order valence-corrected chi connectivity index (χ2v) is 4.89. The highest BCUT2D eigenvalue weighted by atomic mass is 32.2. The lowest BCUT2D eigenvalue weighted by Crippen LogP contribution is -2.16. The molecule has 0 fully saturated rings. The molecular weight excluding hydrogens is 203 g/mol. The molecule has 0 aliphatic heterocycles. The van der Waals surface area contributed by atoms with Crippen molar-refractivity contribution in [3.8, 4) is 0 Å². The topological polar surface area (TPSA) is 26.3 Å². The summed E-state index contributed by atoms with van der Waals surface area (Å²) >= 11 is 0. The van der Waals surface area contributed by atoms with Crippen molar-refractivity contribution in [2.24, 2.45) is 0 Å².